The highest BCUT2D eigenvalue weighted by Gasteiger charge is 2.10. The van der Waals surface area contributed by atoms with E-state index >= 15 is 0 Å². The zero-order valence-corrected chi connectivity index (χ0v) is 18.0. The van der Waals surface area contributed by atoms with E-state index in [1.165, 1.54) is 0 Å². The van der Waals surface area contributed by atoms with Gasteiger partial charge in [-0.25, -0.2) is 4.98 Å². The average molecular weight is 412 g/mol. The highest BCUT2D eigenvalue weighted by molar-refractivity contribution is 5.91. The number of anilines is 1. The maximum absolute atomic E-state index is 12.5. The number of nitrogens with one attached hydrogen (secondary N) is 1. The molecule has 0 aliphatic rings. The SMILES string of the molecule is C=CC=N/C(=C\C)c1ccc(NC(=O)Cc2cnc(-c3ccnc(C)c3)c(C)c2)nc1. The van der Waals surface area contributed by atoms with Crippen molar-refractivity contribution in [2.24, 2.45) is 4.99 Å². The van der Waals surface area contributed by atoms with E-state index in [0.29, 0.717) is 5.82 Å². The van der Waals surface area contributed by atoms with Crippen molar-refractivity contribution in [1.82, 2.24) is 15.0 Å². The number of carbonyl (C=O) groups is 1. The first-order chi connectivity index (χ1) is 15.0. The summed E-state index contributed by atoms with van der Waals surface area (Å²) in [6.45, 7) is 9.47. The van der Waals surface area contributed by atoms with Crippen LogP contribution in [0, 0.1) is 13.8 Å². The van der Waals surface area contributed by atoms with Crippen LogP contribution in [-0.4, -0.2) is 27.1 Å². The number of hydrogen-bond acceptors (Lipinski definition) is 5. The van der Waals surface area contributed by atoms with Gasteiger partial charge in [-0.05, 0) is 56.2 Å². The van der Waals surface area contributed by atoms with Gasteiger partial charge in [0.25, 0.3) is 0 Å². The molecular formula is C25H25N5O. The number of hydrogen-bond donors (Lipinski definition) is 1. The Morgan fingerprint density at radius 3 is 2.61 bits per heavy atom. The minimum atomic E-state index is -0.148. The number of aryl methyl sites for hydroxylation is 2. The van der Waals surface area contributed by atoms with Crippen molar-refractivity contribution in [3.8, 4) is 11.3 Å². The standard InChI is InChI=1S/C25H25N5O/c1-5-10-27-22(6-2)21-7-8-23(28-16-21)30-24(31)14-19-12-17(3)25(29-15-19)20-9-11-26-18(4)13-20/h5-13,15-16H,1,14H2,2-4H3,(H,28,30,31)/b22-6-,27-10?. The van der Waals surface area contributed by atoms with Crippen molar-refractivity contribution < 1.29 is 4.79 Å². The summed E-state index contributed by atoms with van der Waals surface area (Å²) in [7, 11) is 0. The molecule has 0 radical (unpaired) electrons. The number of rotatable bonds is 7. The van der Waals surface area contributed by atoms with Gasteiger partial charge in [0.2, 0.25) is 5.91 Å². The van der Waals surface area contributed by atoms with Crippen molar-refractivity contribution >= 4 is 23.6 Å². The van der Waals surface area contributed by atoms with Crippen molar-refractivity contribution in [2.75, 3.05) is 5.32 Å². The molecule has 1 N–H and O–H groups in total. The second-order valence-corrected chi connectivity index (χ2v) is 7.04. The molecule has 1 amide bonds. The highest BCUT2D eigenvalue weighted by Crippen LogP contribution is 2.22. The van der Waals surface area contributed by atoms with Gasteiger partial charge in [0.05, 0.1) is 17.8 Å². The third-order valence-electron chi connectivity index (χ3n) is 4.59. The summed E-state index contributed by atoms with van der Waals surface area (Å²) in [4.78, 5) is 29.9. The molecule has 0 aliphatic heterocycles. The molecule has 31 heavy (non-hydrogen) atoms. The van der Waals surface area contributed by atoms with Crippen LogP contribution in [0.25, 0.3) is 17.0 Å². The second-order valence-electron chi connectivity index (χ2n) is 7.04. The van der Waals surface area contributed by atoms with Crippen LogP contribution in [0.1, 0.15) is 29.3 Å². The second kappa shape index (κ2) is 10.2. The van der Waals surface area contributed by atoms with Crippen LogP contribution in [0.4, 0.5) is 5.82 Å². The lowest BCUT2D eigenvalue weighted by molar-refractivity contribution is -0.115. The van der Waals surface area contributed by atoms with Crippen LogP contribution < -0.4 is 5.32 Å². The lowest BCUT2D eigenvalue weighted by Gasteiger charge is -2.09. The summed E-state index contributed by atoms with van der Waals surface area (Å²) in [5, 5.41) is 2.83. The Balaban J connectivity index is 1.66. The molecule has 0 atom stereocenters. The average Bonchev–Trinajstić information content (AvgIpc) is 2.75. The van der Waals surface area contributed by atoms with Gasteiger partial charge in [0.15, 0.2) is 0 Å². The number of nitrogens with zero attached hydrogens (tertiary/aromatic N) is 4. The van der Waals surface area contributed by atoms with Gasteiger partial charge < -0.3 is 5.32 Å². The molecule has 3 aromatic rings. The molecule has 0 fully saturated rings. The number of aliphatic imine (C=N–C) groups is 1. The van der Waals surface area contributed by atoms with E-state index < -0.39 is 0 Å². The molecule has 3 heterocycles. The highest BCUT2D eigenvalue weighted by atomic mass is 16.1. The Morgan fingerprint density at radius 2 is 1.97 bits per heavy atom. The van der Waals surface area contributed by atoms with E-state index in [4.69, 9.17) is 0 Å². The van der Waals surface area contributed by atoms with Crippen LogP contribution in [0.3, 0.4) is 0 Å². The van der Waals surface area contributed by atoms with Gasteiger partial charge in [0.1, 0.15) is 5.82 Å². The minimum absolute atomic E-state index is 0.148. The first kappa shape index (κ1) is 21.8. The first-order valence-electron chi connectivity index (χ1n) is 9.96. The fourth-order valence-electron chi connectivity index (χ4n) is 3.17. The molecule has 156 valence electrons. The maximum atomic E-state index is 12.5. The molecule has 0 unspecified atom stereocenters. The Kier molecular flexibility index (Phi) is 7.17. The van der Waals surface area contributed by atoms with E-state index in [-0.39, 0.29) is 12.3 Å². The van der Waals surface area contributed by atoms with Crippen LogP contribution in [0.5, 0.6) is 0 Å². The van der Waals surface area contributed by atoms with Crippen LogP contribution in [0.15, 0.2) is 72.6 Å². The summed E-state index contributed by atoms with van der Waals surface area (Å²) in [5.41, 5.74) is 6.36. The van der Waals surface area contributed by atoms with Gasteiger partial charge in [-0.1, -0.05) is 24.8 Å². The number of carbonyl (C=O) groups excluding carboxylic acids is 1. The van der Waals surface area contributed by atoms with E-state index in [9.17, 15) is 4.79 Å². The molecular weight excluding hydrogens is 386 g/mol. The zero-order valence-electron chi connectivity index (χ0n) is 18.0. The third kappa shape index (κ3) is 5.79. The Labute approximate surface area is 182 Å². The van der Waals surface area contributed by atoms with Crippen molar-refractivity contribution in [3.05, 3.63) is 90.0 Å². The molecule has 0 spiro atoms. The van der Waals surface area contributed by atoms with Gasteiger partial charge in [-0.15, -0.1) is 0 Å². The molecule has 0 saturated heterocycles. The predicted octanol–water partition coefficient (Wildman–Crippen LogP) is 4.95. The quantitative estimate of drug-likeness (QED) is 0.558. The first-order valence-corrected chi connectivity index (χ1v) is 9.96. The Bertz CT molecular complexity index is 1150. The van der Waals surface area contributed by atoms with Gasteiger partial charge >= 0.3 is 0 Å². The lowest BCUT2D eigenvalue weighted by Crippen LogP contribution is -2.15. The van der Waals surface area contributed by atoms with Gasteiger partial charge in [-0.2, -0.15) is 0 Å². The molecule has 0 bridgehead atoms. The molecule has 3 aromatic heterocycles. The van der Waals surface area contributed by atoms with Gasteiger partial charge in [-0.3, -0.25) is 19.8 Å². The zero-order chi connectivity index (χ0) is 22.2. The predicted molar refractivity (Wildman–Crippen MR) is 126 cm³/mol. The fourth-order valence-corrected chi connectivity index (χ4v) is 3.17. The third-order valence-corrected chi connectivity index (χ3v) is 4.59. The van der Waals surface area contributed by atoms with Crippen molar-refractivity contribution in [1.29, 1.82) is 0 Å². The number of aromatic nitrogens is 3. The number of allylic oxidation sites excluding steroid dienone is 2. The Morgan fingerprint density at radius 1 is 1.13 bits per heavy atom. The summed E-state index contributed by atoms with van der Waals surface area (Å²) < 4.78 is 0. The van der Waals surface area contributed by atoms with Crippen molar-refractivity contribution in [3.63, 3.8) is 0 Å². The number of pyridine rings is 3. The number of amides is 1. The van der Waals surface area contributed by atoms with Crippen LogP contribution in [-0.2, 0) is 11.2 Å². The molecule has 3 rings (SSSR count). The summed E-state index contributed by atoms with van der Waals surface area (Å²) in [6, 6.07) is 9.56. The molecule has 6 nitrogen and oxygen atoms in total. The fraction of sp³-hybridized carbons (Fsp3) is 0.160. The lowest BCUT2D eigenvalue weighted by atomic mass is 10.0. The van der Waals surface area contributed by atoms with Crippen LogP contribution in [0.2, 0.25) is 0 Å². The molecule has 0 aliphatic carbocycles. The van der Waals surface area contributed by atoms with E-state index in [1.54, 1.807) is 36.9 Å². The summed E-state index contributed by atoms with van der Waals surface area (Å²) in [6.07, 6.45) is 10.6. The van der Waals surface area contributed by atoms with Crippen LogP contribution >= 0.6 is 0 Å². The Hall–Kier alpha value is -3.93. The van der Waals surface area contributed by atoms with Gasteiger partial charge in [0, 0.05) is 41.6 Å². The minimum Gasteiger partial charge on any atom is -0.310 e. The smallest absolute Gasteiger partial charge is 0.230 e. The normalized spacial score (nSPS) is 11.5. The topological polar surface area (TPSA) is 80.1 Å². The molecule has 0 aromatic carbocycles. The summed E-state index contributed by atoms with van der Waals surface area (Å²) in [5.74, 6) is 0.343. The van der Waals surface area contributed by atoms with E-state index in [2.05, 4.69) is 31.8 Å². The van der Waals surface area contributed by atoms with Crippen molar-refractivity contribution in [2.45, 2.75) is 27.2 Å². The molecule has 6 heteroatoms. The summed E-state index contributed by atoms with van der Waals surface area (Å²) >= 11 is 0. The largest absolute Gasteiger partial charge is 0.310 e. The maximum Gasteiger partial charge on any atom is 0.230 e. The van der Waals surface area contributed by atoms with E-state index in [1.807, 2.05) is 51.1 Å². The monoisotopic (exact) mass is 411 g/mol. The van der Waals surface area contributed by atoms with E-state index in [0.717, 1.165) is 39.3 Å². The molecule has 0 saturated carbocycles.